The highest BCUT2D eigenvalue weighted by Crippen LogP contribution is 2.31. The van der Waals surface area contributed by atoms with Crippen LogP contribution in [0.2, 0.25) is 0 Å². The van der Waals surface area contributed by atoms with E-state index in [1.807, 2.05) is 11.8 Å². The van der Waals surface area contributed by atoms with E-state index in [1.165, 1.54) is 12.1 Å². The smallest absolute Gasteiger partial charge is 0.382 e. The van der Waals surface area contributed by atoms with Crippen LogP contribution in [-0.4, -0.2) is 24.5 Å². The molecule has 1 aliphatic rings. The van der Waals surface area contributed by atoms with Gasteiger partial charge in [-0.2, -0.15) is 18.4 Å². The van der Waals surface area contributed by atoms with Crippen molar-refractivity contribution >= 4 is 0 Å². The van der Waals surface area contributed by atoms with Crippen molar-refractivity contribution in [2.24, 2.45) is 0 Å². The Morgan fingerprint density at radius 1 is 1.19 bits per heavy atom. The van der Waals surface area contributed by atoms with Gasteiger partial charge in [-0.25, -0.2) is 0 Å². The molecule has 7 heteroatoms. The van der Waals surface area contributed by atoms with Gasteiger partial charge in [-0.1, -0.05) is 44.0 Å². The van der Waals surface area contributed by atoms with Crippen LogP contribution < -0.4 is 10.6 Å². The summed E-state index contributed by atoms with van der Waals surface area (Å²) in [6.07, 6.45) is -0.936. The quantitative estimate of drug-likeness (QED) is 0.299. The molecule has 2 rings (SSSR count). The molecule has 0 aromatic heterocycles. The average molecular weight is 441 g/mol. The zero-order valence-electron chi connectivity index (χ0n) is 18.1. The molecular weight excluding hydrogens is 413 g/mol. The first kappa shape index (κ1) is 24.6. The average Bonchev–Trinajstić information content (AvgIpc) is 3.14. The van der Waals surface area contributed by atoms with Gasteiger partial charge in [-0.3, -0.25) is 0 Å². The maximum atomic E-state index is 12.9. The normalized spacial score (nSPS) is 14.4. The highest BCUT2D eigenvalue weighted by atomic mass is 19.4. The Balaban J connectivity index is 2.54. The highest BCUT2D eigenvalue weighted by Gasteiger charge is 2.30. The molecule has 0 aliphatic carbocycles. The summed E-state index contributed by atoms with van der Waals surface area (Å²) in [6, 6.07) is 7.22. The van der Waals surface area contributed by atoms with Gasteiger partial charge >= 0.3 is 6.18 Å². The van der Waals surface area contributed by atoms with Crippen LogP contribution >= 0.6 is 0 Å². The van der Waals surface area contributed by atoms with Crippen LogP contribution in [-0.2, 0) is 12.6 Å². The molecule has 0 atom stereocenters. The Morgan fingerprint density at radius 2 is 1.84 bits per heavy atom. The lowest BCUT2D eigenvalue weighted by atomic mass is 9.92. The van der Waals surface area contributed by atoms with E-state index in [0.29, 0.717) is 42.0 Å². The van der Waals surface area contributed by atoms with Crippen LogP contribution in [0.15, 0.2) is 96.7 Å². The molecule has 0 spiro atoms. The minimum atomic E-state index is -4.41. The second kappa shape index (κ2) is 10.6. The van der Waals surface area contributed by atoms with Crippen LogP contribution in [0.25, 0.3) is 0 Å². The first-order chi connectivity index (χ1) is 15.1. The Labute approximate surface area is 187 Å². The van der Waals surface area contributed by atoms with Gasteiger partial charge in [0.1, 0.15) is 0 Å². The third kappa shape index (κ3) is 6.17. The Bertz CT molecular complexity index is 1010. The number of alkyl halides is 3. The number of benzene rings is 1. The Hall–Kier alpha value is -3.66. The number of rotatable bonds is 10. The van der Waals surface area contributed by atoms with Crippen molar-refractivity contribution in [1.82, 2.24) is 15.5 Å². The van der Waals surface area contributed by atoms with E-state index < -0.39 is 11.7 Å². The van der Waals surface area contributed by atoms with Crippen LogP contribution in [0.5, 0.6) is 0 Å². The number of halogens is 3. The van der Waals surface area contributed by atoms with E-state index in [9.17, 15) is 18.4 Å². The number of allylic oxidation sites excluding steroid dienone is 1. The van der Waals surface area contributed by atoms with Crippen LogP contribution in [0.3, 0.4) is 0 Å². The van der Waals surface area contributed by atoms with E-state index in [2.05, 4.69) is 43.0 Å². The summed E-state index contributed by atoms with van der Waals surface area (Å²) in [7, 11) is 0. The second-order valence-corrected chi connectivity index (χ2v) is 7.52. The largest absolute Gasteiger partial charge is 0.416 e. The standard InChI is InChI=1S/C25H27F3N4/c1-6-30-24-16-32(7-2)15-23(24)22(13-29)21(18(5)31-14-17(3)4)12-19-8-10-20(11-9-19)25(26,27)28/h6-11,30-31H,1-3,5,12,14-16H2,4H3/b22-21+. The van der Waals surface area contributed by atoms with Crippen LogP contribution in [0.4, 0.5) is 13.2 Å². The summed E-state index contributed by atoms with van der Waals surface area (Å²) in [5, 5.41) is 16.3. The molecule has 2 N–H and O–H groups in total. The fraction of sp³-hybridized carbons (Fsp3) is 0.240. The topological polar surface area (TPSA) is 51.1 Å². The Morgan fingerprint density at radius 3 is 2.34 bits per heavy atom. The number of hydrogen-bond acceptors (Lipinski definition) is 4. The third-order valence-corrected chi connectivity index (χ3v) is 4.97. The van der Waals surface area contributed by atoms with Crippen molar-refractivity contribution in [2.45, 2.75) is 19.5 Å². The molecule has 1 heterocycles. The molecule has 1 aromatic rings. The number of nitrogens with zero attached hydrogens (tertiary/aromatic N) is 2. The van der Waals surface area contributed by atoms with Crippen molar-refractivity contribution in [2.75, 3.05) is 19.6 Å². The molecule has 0 saturated heterocycles. The van der Waals surface area contributed by atoms with Gasteiger partial charge in [-0.15, -0.1) is 0 Å². The van der Waals surface area contributed by atoms with Crippen molar-refractivity contribution in [3.05, 3.63) is 108 Å². The molecule has 0 radical (unpaired) electrons. The molecule has 0 fully saturated rings. The number of nitriles is 1. The molecule has 1 aliphatic heterocycles. The lowest BCUT2D eigenvalue weighted by Gasteiger charge is -2.18. The summed E-state index contributed by atoms with van der Waals surface area (Å²) in [5.41, 5.74) is 3.93. The van der Waals surface area contributed by atoms with Gasteiger partial charge in [0.05, 0.1) is 23.8 Å². The summed E-state index contributed by atoms with van der Waals surface area (Å²) < 4.78 is 38.8. The van der Waals surface area contributed by atoms with E-state index in [1.54, 1.807) is 12.4 Å². The van der Waals surface area contributed by atoms with E-state index >= 15 is 0 Å². The summed E-state index contributed by atoms with van der Waals surface area (Å²) in [6.45, 7) is 18.8. The first-order valence-electron chi connectivity index (χ1n) is 9.94. The van der Waals surface area contributed by atoms with Gasteiger partial charge in [0, 0.05) is 36.5 Å². The van der Waals surface area contributed by atoms with Crippen LogP contribution in [0, 0.1) is 11.3 Å². The van der Waals surface area contributed by atoms with Gasteiger partial charge in [0.2, 0.25) is 0 Å². The molecule has 32 heavy (non-hydrogen) atoms. The fourth-order valence-corrected chi connectivity index (χ4v) is 3.31. The molecule has 4 nitrogen and oxygen atoms in total. The maximum Gasteiger partial charge on any atom is 0.416 e. The fourth-order valence-electron chi connectivity index (χ4n) is 3.31. The first-order valence-corrected chi connectivity index (χ1v) is 9.94. The zero-order chi connectivity index (χ0) is 23.9. The monoisotopic (exact) mass is 440 g/mol. The van der Waals surface area contributed by atoms with Crippen molar-refractivity contribution < 1.29 is 13.2 Å². The lowest BCUT2D eigenvalue weighted by molar-refractivity contribution is -0.137. The molecule has 0 unspecified atom stereocenters. The number of hydrogen-bond donors (Lipinski definition) is 2. The second-order valence-electron chi connectivity index (χ2n) is 7.52. The Kier molecular flexibility index (Phi) is 8.14. The molecule has 0 amide bonds. The maximum absolute atomic E-state index is 12.9. The number of nitrogens with one attached hydrogen (secondary N) is 2. The predicted octanol–water partition coefficient (Wildman–Crippen LogP) is 5.19. The minimum Gasteiger partial charge on any atom is -0.382 e. The highest BCUT2D eigenvalue weighted by molar-refractivity contribution is 5.56. The van der Waals surface area contributed by atoms with Crippen molar-refractivity contribution in [3.8, 4) is 6.07 Å². The molecule has 0 bridgehead atoms. The predicted molar refractivity (Wildman–Crippen MR) is 122 cm³/mol. The lowest BCUT2D eigenvalue weighted by Crippen LogP contribution is -2.19. The summed E-state index contributed by atoms with van der Waals surface area (Å²) in [4.78, 5) is 1.94. The van der Waals surface area contributed by atoms with Gasteiger partial charge in [-0.05, 0) is 42.6 Å². The summed E-state index contributed by atoms with van der Waals surface area (Å²) in [5.74, 6) is 0. The molecular formula is C25H27F3N4. The molecule has 168 valence electrons. The van der Waals surface area contributed by atoms with Crippen molar-refractivity contribution in [3.63, 3.8) is 0 Å². The van der Waals surface area contributed by atoms with Gasteiger partial charge in [0.15, 0.2) is 0 Å². The van der Waals surface area contributed by atoms with Gasteiger partial charge in [0.25, 0.3) is 0 Å². The van der Waals surface area contributed by atoms with E-state index in [-0.39, 0.29) is 6.42 Å². The van der Waals surface area contributed by atoms with E-state index in [0.717, 1.165) is 29.0 Å². The zero-order valence-corrected chi connectivity index (χ0v) is 18.1. The van der Waals surface area contributed by atoms with Gasteiger partial charge < -0.3 is 15.5 Å². The van der Waals surface area contributed by atoms with Crippen molar-refractivity contribution in [1.29, 1.82) is 5.26 Å². The van der Waals surface area contributed by atoms with E-state index in [4.69, 9.17) is 0 Å². The SMILES string of the molecule is C=CNC1=C(/C(C#N)=C(\Cc2ccc(C(F)(F)F)cc2)C(=C)NCC(=C)C)CN(C=C)C1. The third-order valence-electron chi connectivity index (χ3n) is 4.97. The summed E-state index contributed by atoms with van der Waals surface area (Å²) >= 11 is 0. The molecule has 0 saturated carbocycles. The minimum absolute atomic E-state index is 0.238. The molecule has 1 aromatic carbocycles. The van der Waals surface area contributed by atoms with Crippen LogP contribution in [0.1, 0.15) is 18.1 Å².